The third-order valence-electron chi connectivity index (χ3n) is 4.46. The summed E-state index contributed by atoms with van der Waals surface area (Å²) in [5.41, 5.74) is 3.17. The van der Waals surface area contributed by atoms with E-state index < -0.39 is 0 Å². The van der Waals surface area contributed by atoms with Gasteiger partial charge in [0, 0.05) is 25.8 Å². The number of hydrogen-bond donors (Lipinski definition) is 1. The molecule has 1 atom stereocenters. The van der Waals surface area contributed by atoms with E-state index in [2.05, 4.69) is 20.2 Å². The van der Waals surface area contributed by atoms with Crippen LogP contribution in [-0.4, -0.2) is 39.9 Å². The van der Waals surface area contributed by atoms with Crippen LogP contribution >= 0.6 is 0 Å². The summed E-state index contributed by atoms with van der Waals surface area (Å²) in [5.74, 6) is -0.236. The zero-order valence-corrected chi connectivity index (χ0v) is 13.7. The van der Waals surface area contributed by atoms with Crippen LogP contribution in [0.3, 0.4) is 0 Å². The minimum absolute atomic E-state index is 0.00891. The Morgan fingerprint density at radius 3 is 2.96 bits per heavy atom. The molecule has 2 aromatic rings. The van der Waals surface area contributed by atoms with Crippen LogP contribution in [0, 0.1) is 5.82 Å². The van der Waals surface area contributed by atoms with Gasteiger partial charge in [0.05, 0.1) is 11.7 Å². The number of nitrogens with one attached hydrogen (secondary N) is 1. The number of hydrogen-bond acceptors (Lipinski definition) is 4. The van der Waals surface area contributed by atoms with E-state index in [-0.39, 0.29) is 17.8 Å². The molecule has 0 saturated heterocycles. The summed E-state index contributed by atoms with van der Waals surface area (Å²) in [5, 5.41) is 2.96. The molecule has 0 radical (unpaired) electrons. The summed E-state index contributed by atoms with van der Waals surface area (Å²) in [6.07, 6.45) is 4.96. The van der Waals surface area contributed by atoms with Crippen LogP contribution in [0.5, 0.6) is 0 Å². The van der Waals surface area contributed by atoms with E-state index in [1.165, 1.54) is 12.1 Å². The van der Waals surface area contributed by atoms with Crippen LogP contribution in [0.15, 0.2) is 36.8 Å². The van der Waals surface area contributed by atoms with Gasteiger partial charge in [-0.2, -0.15) is 0 Å². The fourth-order valence-corrected chi connectivity index (χ4v) is 2.90. The lowest BCUT2D eigenvalue weighted by Gasteiger charge is -2.31. The van der Waals surface area contributed by atoms with Gasteiger partial charge >= 0.3 is 0 Å². The predicted octanol–water partition coefficient (Wildman–Crippen LogP) is 1.72. The molecule has 1 aliphatic rings. The smallest absolute Gasteiger partial charge is 0.237 e. The Bertz CT molecular complexity index is 704. The van der Waals surface area contributed by atoms with Gasteiger partial charge in [0.25, 0.3) is 0 Å². The highest BCUT2D eigenvalue weighted by Crippen LogP contribution is 2.17. The third-order valence-corrected chi connectivity index (χ3v) is 4.46. The summed E-state index contributed by atoms with van der Waals surface area (Å²) in [6, 6.07) is 6.15. The third kappa shape index (κ3) is 3.94. The molecule has 3 rings (SSSR count). The van der Waals surface area contributed by atoms with Crippen molar-refractivity contribution in [1.82, 2.24) is 20.2 Å². The quantitative estimate of drug-likeness (QED) is 0.908. The molecule has 1 aromatic carbocycles. The molecule has 0 aliphatic carbocycles. The summed E-state index contributed by atoms with van der Waals surface area (Å²) in [6.45, 7) is 3.96. The Hall–Kier alpha value is -2.34. The lowest BCUT2D eigenvalue weighted by atomic mass is 10.1. The number of nitrogens with zero attached hydrogens (tertiary/aromatic N) is 3. The minimum atomic E-state index is -0.245. The van der Waals surface area contributed by atoms with Gasteiger partial charge in [-0.3, -0.25) is 9.69 Å². The zero-order valence-electron chi connectivity index (χ0n) is 13.7. The first kappa shape index (κ1) is 16.5. The molecule has 0 saturated carbocycles. The van der Waals surface area contributed by atoms with Crippen molar-refractivity contribution in [3.05, 3.63) is 59.4 Å². The monoisotopic (exact) mass is 328 g/mol. The maximum Gasteiger partial charge on any atom is 0.237 e. The van der Waals surface area contributed by atoms with E-state index >= 15 is 0 Å². The standard InChI is InChI=1S/C18H21FN4O/c1-13(23-9-7-15-10-20-12-22-17(15)11-23)18(24)21-8-6-14-2-4-16(19)5-3-14/h2-5,10,12-13H,6-9,11H2,1H3,(H,21,24)/t13-/m1/s1. The van der Waals surface area contributed by atoms with Gasteiger partial charge in [-0.05, 0) is 43.0 Å². The van der Waals surface area contributed by atoms with Crippen molar-refractivity contribution in [1.29, 1.82) is 0 Å². The van der Waals surface area contributed by atoms with Crippen LogP contribution in [0.25, 0.3) is 0 Å². The van der Waals surface area contributed by atoms with Gasteiger partial charge in [0.2, 0.25) is 5.91 Å². The van der Waals surface area contributed by atoms with Crippen molar-refractivity contribution in [2.75, 3.05) is 13.1 Å². The van der Waals surface area contributed by atoms with Crippen molar-refractivity contribution < 1.29 is 9.18 Å². The number of halogens is 1. The first-order chi connectivity index (χ1) is 11.6. The van der Waals surface area contributed by atoms with E-state index in [0.29, 0.717) is 19.5 Å². The van der Waals surface area contributed by atoms with Crippen LogP contribution in [0.2, 0.25) is 0 Å². The molecular weight excluding hydrogens is 307 g/mol. The average molecular weight is 328 g/mol. The molecule has 126 valence electrons. The minimum Gasteiger partial charge on any atom is -0.354 e. The van der Waals surface area contributed by atoms with Gasteiger partial charge in [0.15, 0.2) is 0 Å². The maximum atomic E-state index is 12.9. The summed E-state index contributed by atoms with van der Waals surface area (Å²) in [7, 11) is 0. The maximum absolute atomic E-state index is 12.9. The predicted molar refractivity (Wildman–Crippen MR) is 88.7 cm³/mol. The molecule has 6 heteroatoms. The molecule has 24 heavy (non-hydrogen) atoms. The van der Waals surface area contributed by atoms with E-state index in [0.717, 1.165) is 29.8 Å². The van der Waals surface area contributed by atoms with Crippen LogP contribution in [0.4, 0.5) is 4.39 Å². The molecule has 2 heterocycles. The number of amides is 1. The van der Waals surface area contributed by atoms with Crippen LogP contribution in [0.1, 0.15) is 23.7 Å². The Labute approximate surface area is 140 Å². The number of benzene rings is 1. The highest BCUT2D eigenvalue weighted by Gasteiger charge is 2.25. The highest BCUT2D eigenvalue weighted by atomic mass is 19.1. The van der Waals surface area contributed by atoms with Gasteiger partial charge in [-0.25, -0.2) is 14.4 Å². The van der Waals surface area contributed by atoms with Gasteiger partial charge in [-0.1, -0.05) is 12.1 Å². The van der Waals surface area contributed by atoms with Crippen molar-refractivity contribution in [2.45, 2.75) is 32.4 Å². The topological polar surface area (TPSA) is 58.1 Å². The van der Waals surface area contributed by atoms with Gasteiger partial charge in [-0.15, -0.1) is 0 Å². The molecule has 0 spiro atoms. The Morgan fingerprint density at radius 1 is 1.38 bits per heavy atom. The summed E-state index contributed by atoms with van der Waals surface area (Å²) >= 11 is 0. The van der Waals surface area contributed by atoms with Crippen molar-refractivity contribution in [3.8, 4) is 0 Å². The fourth-order valence-electron chi connectivity index (χ4n) is 2.90. The number of carbonyl (C=O) groups is 1. The van der Waals surface area contributed by atoms with E-state index in [9.17, 15) is 9.18 Å². The second-order valence-corrected chi connectivity index (χ2v) is 6.06. The molecule has 0 unspecified atom stereocenters. The number of carbonyl (C=O) groups excluding carboxylic acids is 1. The van der Waals surface area contributed by atoms with E-state index in [4.69, 9.17) is 0 Å². The first-order valence-corrected chi connectivity index (χ1v) is 8.17. The molecule has 0 bridgehead atoms. The van der Waals surface area contributed by atoms with Crippen molar-refractivity contribution in [2.24, 2.45) is 0 Å². The van der Waals surface area contributed by atoms with E-state index in [1.807, 2.05) is 13.1 Å². The molecule has 1 N–H and O–H groups in total. The fraction of sp³-hybridized carbons (Fsp3) is 0.389. The first-order valence-electron chi connectivity index (χ1n) is 8.17. The van der Waals surface area contributed by atoms with Crippen LogP contribution in [-0.2, 0) is 24.2 Å². The second-order valence-electron chi connectivity index (χ2n) is 6.06. The van der Waals surface area contributed by atoms with Crippen LogP contribution < -0.4 is 5.32 Å². The number of rotatable bonds is 5. The summed E-state index contributed by atoms with van der Waals surface area (Å²) in [4.78, 5) is 22.8. The average Bonchev–Trinajstić information content (AvgIpc) is 2.62. The lowest BCUT2D eigenvalue weighted by molar-refractivity contribution is -0.126. The Kier molecular flexibility index (Phi) is 5.15. The number of fused-ring (bicyclic) bond motifs is 1. The van der Waals surface area contributed by atoms with Gasteiger partial charge < -0.3 is 5.32 Å². The summed E-state index contributed by atoms with van der Waals surface area (Å²) < 4.78 is 12.9. The molecule has 1 aromatic heterocycles. The SMILES string of the molecule is C[C@H](C(=O)NCCc1ccc(F)cc1)N1CCc2cncnc2C1. The number of aromatic nitrogens is 2. The Balaban J connectivity index is 1.49. The molecule has 5 nitrogen and oxygen atoms in total. The molecule has 0 fully saturated rings. The second kappa shape index (κ2) is 7.49. The van der Waals surface area contributed by atoms with Crippen molar-refractivity contribution >= 4 is 5.91 Å². The molecular formula is C18H21FN4O. The van der Waals surface area contributed by atoms with Crippen molar-refractivity contribution in [3.63, 3.8) is 0 Å². The normalized spacial score (nSPS) is 15.6. The molecule has 1 amide bonds. The Morgan fingerprint density at radius 2 is 2.17 bits per heavy atom. The van der Waals surface area contributed by atoms with E-state index in [1.54, 1.807) is 18.5 Å². The lowest BCUT2D eigenvalue weighted by Crippen LogP contribution is -2.47. The largest absolute Gasteiger partial charge is 0.354 e. The highest BCUT2D eigenvalue weighted by molar-refractivity contribution is 5.81. The zero-order chi connectivity index (χ0) is 16.9. The molecule has 1 aliphatic heterocycles. The van der Waals surface area contributed by atoms with Gasteiger partial charge in [0.1, 0.15) is 12.1 Å².